The average molecular weight is 255 g/mol. The maximum atomic E-state index is 13.4. The highest BCUT2D eigenvalue weighted by molar-refractivity contribution is 5.94. The predicted octanol–water partition coefficient (Wildman–Crippen LogP) is 1.18. The monoisotopic (exact) mass is 255 g/mol. The van der Waals surface area contributed by atoms with E-state index >= 15 is 0 Å². The van der Waals surface area contributed by atoms with Gasteiger partial charge in [-0.3, -0.25) is 4.79 Å². The van der Waals surface area contributed by atoms with E-state index in [1.54, 1.807) is 0 Å². The number of carbonyl (C=O) groups excluding carboxylic acids is 1. The van der Waals surface area contributed by atoms with Gasteiger partial charge >= 0.3 is 0 Å². The van der Waals surface area contributed by atoms with Gasteiger partial charge in [0.05, 0.1) is 5.56 Å². The zero-order chi connectivity index (χ0) is 13.1. The summed E-state index contributed by atoms with van der Waals surface area (Å²) < 4.78 is 26.3. The Balaban J connectivity index is 2.05. The van der Waals surface area contributed by atoms with Crippen molar-refractivity contribution in [1.82, 2.24) is 15.2 Å². The number of likely N-dealkylation sites (tertiary alicyclic amines) is 1. The molecule has 1 fully saturated rings. The molecular weight excluding hydrogens is 240 g/mol. The van der Waals surface area contributed by atoms with Crippen molar-refractivity contribution in [3.8, 4) is 0 Å². The lowest BCUT2D eigenvalue weighted by Gasteiger charge is -2.30. The molecule has 0 aliphatic carbocycles. The number of rotatable bonds is 2. The smallest absolute Gasteiger partial charge is 0.254 e. The molecule has 4 nitrogen and oxygen atoms in total. The number of hydrogen-bond acceptors (Lipinski definition) is 3. The second-order valence-corrected chi connectivity index (χ2v) is 4.54. The minimum absolute atomic E-state index is 0.0214. The van der Waals surface area contributed by atoms with Gasteiger partial charge in [0.15, 0.2) is 5.82 Å². The summed E-state index contributed by atoms with van der Waals surface area (Å²) in [7, 11) is 1.96. The van der Waals surface area contributed by atoms with Crippen molar-refractivity contribution in [2.24, 2.45) is 0 Å². The quantitative estimate of drug-likeness (QED) is 0.807. The van der Waals surface area contributed by atoms with Crippen molar-refractivity contribution in [3.63, 3.8) is 0 Å². The molecule has 1 aromatic rings. The summed E-state index contributed by atoms with van der Waals surface area (Å²) in [6, 6.07) is 1.16. The van der Waals surface area contributed by atoms with Crippen molar-refractivity contribution in [2.75, 3.05) is 20.1 Å². The lowest BCUT2D eigenvalue weighted by Crippen LogP contribution is -2.46. The number of nitrogens with zero attached hydrogens (tertiary/aromatic N) is 2. The molecule has 0 bridgehead atoms. The first-order valence-electron chi connectivity index (χ1n) is 5.87. The predicted molar refractivity (Wildman–Crippen MR) is 62.1 cm³/mol. The first kappa shape index (κ1) is 12.9. The summed E-state index contributed by atoms with van der Waals surface area (Å²) in [4.78, 5) is 17.1. The van der Waals surface area contributed by atoms with Gasteiger partial charge in [-0.25, -0.2) is 9.37 Å². The third kappa shape index (κ3) is 2.81. The number of likely N-dealkylation sites (N-methyl/N-ethyl adjacent to an activating group) is 1. The fourth-order valence-electron chi connectivity index (χ4n) is 2.14. The Morgan fingerprint density at radius 1 is 1.56 bits per heavy atom. The van der Waals surface area contributed by atoms with Gasteiger partial charge in [0.25, 0.3) is 5.91 Å². The SMILES string of the molecule is CN1CCCC(NC(=O)c2ccnc(F)c2F)C1. The van der Waals surface area contributed by atoms with E-state index in [-0.39, 0.29) is 11.6 Å². The number of halogens is 2. The van der Waals surface area contributed by atoms with Crippen LogP contribution in [0.3, 0.4) is 0 Å². The highest BCUT2D eigenvalue weighted by Gasteiger charge is 2.22. The third-order valence-corrected chi connectivity index (χ3v) is 3.05. The molecule has 0 aromatic carbocycles. The lowest BCUT2D eigenvalue weighted by molar-refractivity contribution is 0.0907. The Kier molecular flexibility index (Phi) is 3.86. The zero-order valence-corrected chi connectivity index (χ0v) is 10.1. The average Bonchev–Trinajstić information content (AvgIpc) is 2.32. The number of hydrogen-bond donors (Lipinski definition) is 1. The van der Waals surface area contributed by atoms with Gasteiger partial charge in [-0.1, -0.05) is 0 Å². The third-order valence-electron chi connectivity index (χ3n) is 3.05. The van der Waals surface area contributed by atoms with Crippen LogP contribution in [0.2, 0.25) is 0 Å². The molecule has 1 amide bonds. The largest absolute Gasteiger partial charge is 0.348 e. The van der Waals surface area contributed by atoms with Gasteiger partial charge in [-0.15, -0.1) is 0 Å². The molecule has 0 radical (unpaired) electrons. The molecule has 1 saturated heterocycles. The number of amides is 1. The van der Waals surface area contributed by atoms with Crippen LogP contribution in [0.5, 0.6) is 0 Å². The van der Waals surface area contributed by atoms with E-state index in [0.717, 1.165) is 32.1 Å². The van der Waals surface area contributed by atoms with E-state index in [1.165, 1.54) is 6.07 Å². The first-order valence-corrected chi connectivity index (χ1v) is 5.87. The van der Waals surface area contributed by atoms with Crippen LogP contribution in [-0.2, 0) is 0 Å². The van der Waals surface area contributed by atoms with Gasteiger partial charge in [-0.2, -0.15) is 4.39 Å². The summed E-state index contributed by atoms with van der Waals surface area (Å²) in [5, 5.41) is 2.72. The molecule has 2 rings (SSSR count). The molecule has 1 atom stereocenters. The minimum atomic E-state index is -1.25. The van der Waals surface area contributed by atoms with Crippen LogP contribution < -0.4 is 5.32 Å². The molecular formula is C12H15F2N3O. The highest BCUT2D eigenvalue weighted by atomic mass is 19.2. The van der Waals surface area contributed by atoms with E-state index in [0.29, 0.717) is 0 Å². The fourth-order valence-corrected chi connectivity index (χ4v) is 2.14. The summed E-state index contributed by atoms with van der Waals surface area (Å²) in [6.07, 6.45) is 2.92. The topological polar surface area (TPSA) is 45.2 Å². The van der Waals surface area contributed by atoms with E-state index < -0.39 is 17.7 Å². The van der Waals surface area contributed by atoms with Crippen LogP contribution in [0.1, 0.15) is 23.2 Å². The molecule has 1 aliphatic heterocycles. The number of aromatic nitrogens is 1. The van der Waals surface area contributed by atoms with Crippen molar-refractivity contribution in [1.29, 1.82) is 0 Å². The van der Waals surface area contributed by atoms with Crippen molar-refractivity contribution < 1.29 is 13.6 Å². The first-order chi connectivity index (χ1) is 8.58. The Morgan fingerprint density at radius 3 is 3.06 bits per heavy atom. The molecule has 98 valence electrons. The Bertz CT molecular complexity index is 453. The molecule has 1 unspecified atom stereocenters. The maximum absolute atomic E-state index is 13.4. The highest BCUT2D eigenvalue weighted by Crippen LogP contribution is 2.12. The normalized spacial score (nSPS) is 20.7. The molecule has 6 heteroatoms. The van der Waals surface area contributed by atoms with Gasteiger partial charge in [0.1, 0.15) is 0 Å². The van der Waals surface area contributed by atoms with Crippen molar-refractivity contribution in [3.05, 3.63) is 29.6 Å². The molecule has 1 aliphatic rings. The summed E-state index contributed by atoms with van der Waals surface area (Å²) >= 11 is 0. The van der Waals surface area contributed by atoms with Crippen LogP contribution in [0.4, 0.5) is 8.78 Å². The molecule has 2 heterocycles. The van der Waals surface area contributed by atoms with Crippen LogP contribution in [-0.4, -0.2) is 42.0 Å². The van der Waals surface area contributed by atoms with Crippen molar-refractivity contribution >= 4 is 5.91 Å². The van der Waals surface area contributed by atoms with Crippen LogP contribution >= 0.6 is 0 Å². The maximum Gasteiger partial charge on any atom is 0.254 e. The summed E-state index contributed by atoms with van der Waals surface area (Å²) in [5.74, 6) is -3.03. The Labute approximate surface area is 104 Å². The molecule has 1 aromatic heterocycles. The second-order valence-electron chi connectivity index (χ2n) is 4.54. The van der Waals surface area contributed by atoms with Gasteiger partial charge < -0.3 is 10.2 Å². The van der Waals surface area contributed by atoms with Crippen molar-refractivity contribution in [2.45, 2.75) is 18.9 Å². The van der Waals surface area contributed by atoms with Crippen LogP contribution in [0.15, 0.2) is 12.3 Å². The minimum Gasteiger partial charge on any atom is -0.348 e. The van der Waals surface area contributed by atoms with Gasteiger partial charge in [0.2, 0.25) is 5.95 Å². The summed E-state index contributed by atoms with van der Waals surface area (Å²) in [6.45, 7) is 1.71. The molecule has 0 saturated carbocycles. The fraction of sp³-hybridized carbons (Fsp3) is 0.500. The van der Waals surface area contributed by atoms with Gasteiger partial charge in [-0.05, 0) is 32.5 Å². The van der Waals surface area contributed by atoms with Gasteiger partial charge in [0, 0.05) is 18.8 Å². The number of pyridine rings is 1. The van der Waals surface area contributed by atoms with E-state index in [1.807, 2.05) is 7.05 Å². The number of nitrogens with one attached hydrogen (secondary N) is 1. The lowest BCUT2D eigenvalue weighted by atomic mass is 10.1. The summed E-state index contributed by atoms with van der Waals surface area (Å²) in [5.41, 5.74) is -0.296. The standard InChI is InChI=1S/C12H15F2N3O/c1-17-6-2-3-8(7-17)16-12(18)9-4-5-15-11(14)10(9)13/h4-5,8H,2-3,6-7H2,1H3,(H,16,18). The molecule has 0 spiro atoms. The van der Waals surface area contributed by atoms with E-state index in [2.05, 4.69) is 15.2 Å². The zero-order valence-electron chi connectivity index (χ0n) is 10.1. The number of piperidine rings is 1. The molecule has 1 N–H and O–H groups in total. The second kappa shape index (κ2) is 5.39. The van der Waals surface area contributed by atoms with E-state index in [9.17, 15) is 13.6 Å². The van der Waals surface area contributed by atoms with Crippen LogP contribution in [0, 0.1) is 11.8 Å². The Hall–Kier alpha value is -1.56. The number of carbonyl (C=O) groups is 1. The Morgan fingerprint density at radius 2 is 2.33 bits per heavy atom. The van der Waals surface area contributed by atoms with E-state index in [4.69, 9.17) is 0 Å². The molecule has 18 heavy (non-hydrogen) atoms. The van der Waals surface area contributed by atoms with Crippen LogP contribution in [0.25, 0.3) is 0 Å².